The molecule has 3 rings (SSSR count). The summed E-state index contributed by atoms with van der Waals surface area (Å²) in [4.78, 5) is 4.21. The lowest BCUT2D eigenvalue weighted by molar-refractivity contribution is 0.386. The molecule has 1 saturated carbocycles. The molecule has 0 saturated heterocycles. The first-order valence-corrected chi connectivity index (χ1v) is 8.62. The van der Waals surface area contributed by atoms with Gasteiger partial charge in [0.15, 0.2) is 0 Å². The summed E-state index contributed by atoms with van der Waals surface area (Å²) >= 11 is 1.16. The third kappa shape index (κ3) is 2.46. The molecular weight excluding hydrogens is 296 g/mol. The van der Waals surface area contributed by atoms with Crippen molar-refractivity contribution in [1.82, 2.24) is 13.9 Å². The van der Waals surface area contributed by atoms with Crippen molar-refractivity contribution in [3.63, 3.8) is 0 Å². The van der Waals surface area contributed by atoms with Crippen LogP contribution < -0.4 is 5.73 Å². The van der Waals surface area contributed by atoms with E-state index in [2.05, 4.69) is 4.98 Å². The summed E-state index contributed by atoms with van der Waals surface area (Å²) in [5.41, 5.74) is 6.13. The highest BCUT2D eigenvalue weighted by Gasteiger charge is 2.39. The Bertz CT molecular complexity index is 715. The molecule has 1 aliphatic rings. The Labute approximate surface area is 121 Å². The average Bonchev–Trinajstić information content (AvgIpc) is 3.00. The van der Waals surface area contributed by atoms with E-state index in [4.69, 9.17) is 5.73 Å². The van der Waals surface area contributed by atoms with Crippen LogP contribution in [0.25, 0.3) is 0 Å². The van der Waals surface area contributed by atoms with Crippen LogP contribution in [-0.2, 0) is 23.6 Å². The predicted molar refractivity (Wildman–Crippen MR) is 77.7 cm³/mol. The van der Waals surface area contributed by atoms with Gasteiger partial charge in [-0.1, -0.05) is 0 Å². The largest absolute Gasteiger partial charge is 0.398 e. The van der Waals surface area contributed by atoms with Gasteiger partial charge in [0.25, 0.3) is 10.0 Å². The van der Waals surface area contributed by atoms with Crippen LogP contribution in [0.3, 0.4) is 0 Å². The molecule has 20 heavy (non-hydrogen) atoms. The Kier molecular flexibility index (Phi) is 3.31. The molecule has 0 unspecified atom stereocenters. The van der Waals surface area contributed by atoms with Gasteiger partial charge in [0, 0.05) is 36.6 Å². The fraction of sp³-hybridized carbons (Fsp3) is 0.417. The van der Waals surface area contributed by atoms with Crippen molar-refractivity contribution in [3.8, 4) is 0 Å². The van der Waals surface area contributed by atoms with Gasteiger partial charge in [0.2, 0.25) is 0 Å². The van der Waals surface area contributed by atoms with Crippen molar-refractivity contribution in [2.24, 2.45) is 7.05 Å². The first kappa shape index (κ1) is 13.6. The van der Waals surface area contributed by atoms with E-state index in [1.165, 1.54) is 6.07 Å². The standard InChI is InChI=1S/C12H16N4O2S2/c1-15-5-4-14-11(15)7-16(10-2-3-10)20(17,18)12-6-9(13)8-19-12/h4-6,8,10H,2-3,7,13H2,1H3. The van der Waals surface area contributed by atoms with E-state index >= 15 is 0 Å². The van der Waals surface area contributed by atoms with Gasteiger partial charge in [0.05, 0.1) is 6.54 Å². The second kappa shape index (κ2) is 4.87. The molecule has 0 aromatic carbocycles. The maximum absolute atomic E-state index is 12.7. The minimum atomic E-state index is -3.49. The van der Waals surface area contributed by atoms with Crippen molar-refractivity contribution in [2.45, 2.75) is 29.6 Å². The van der Waals surface area contributed by atoms with Gasteiger partial charge in [0.1, 0.15) is 10.0 Å². The molecule has 2 N–H and O–H groups in total. The van der Waals surface area contributed by atoms with Gasteiger partial charge in [-0.3, -0.25) is 0 Å². The molecule has 0 amide bonds. The Balaban J connectivity index is 1.93. The number of sulfonamides is 1. The van der Waals surface area contributed by atoms with E-state index in [0.717, 1.165) is 30.0 Å². The number of aryl methyl sites for hydroxylation is 1. The van der Waals surface area contributed by atoms with Gasteiger partial charge >= 0.3 is 0 Å². The lowest BCUT2D eigenvalue weighted by atomic mass is 10.5. The SMILES string of the molecule is Cn1ccnc1CN(C1CC1)S(=O)(=O)c1cc(N)cs1. The Hall–Kier alpha value is -1.38. The topological polar surface area (TPSA) is 81.2 Å². The van der Waals surface area contributed by atoms with E-state index in [1.54, 1.807) is 15.9 Å². The van der Waals surface area contributed by atoms with Gasteiger partial charge < -0.3 is 10.3 Å². The highest BCUT2D eigenvalue weighted by molar-refractivity contribution is 7.91. The van der Waals surface area contributed by atoms with E-state index in [-0.39, 0.29) is 6.04 Å². The molecule has 0 atom stereocenters. The van der Waals surface area contributed by atoms with Crippen LogP contribution in [0.5, 0.6) is 0 Å². The zero-order valence-electron chi connectivity index (χ0n) is 11.1. The van der Waals surface area contributed by atoms with Crippen molar-refractivity contribution in [1.29, 1.82) is 0 Å². The molecule has 0 bridgehead atoms. The first-order valence-electron chi connectivity index (χ1n) is 6.30. The van der Waals surface area contributed by atoms with Crippen molar-refractivity contribution in [3.05, 3.63) is 29.7 Å². The number of aromatic nitrogens is 2. The smallest absolute Gasteiger partial charge is 0.253 e. The summed E-state index contributed by atoms with van der Waals surface area (Å²) in [5.74, 6) is 0.741. The summed E-state index contributed by atoms with van der Waals surface area (Å²) in [5, 5.41) is 1.65. The number of nitrogens with two attached hydrogens (primary N) is 1. The summed E-state index contributed by atoms with van der Waals surface area (Å²) in [6, 6.07) is 1.60. The lowest BCUT2D eigenvalue weighted by Gasteiger charge is -2.20. The highest BCUT2D eigenvalue weighted by Crippen LogP contribution is 2.35. The molecule has 0 radical (unpaired) electrons. The normalized spacial score (nSPS) is 15.9. The second-order valence-electron chi connectivity index (χ2n) is 4.93. The minimum Gasteiger partial charge on any atom is -0.398 e. The summed E-state index contributed by atoms with van der Waals surface area (Å²) < 4.78 is 29.1. The van der Waals surface area contributed by atoms with Crippen LogP contribution in [-0.4, -0.2) is 28.3 Å². The van der Waals surface area contributed by atoms with E-state index in [9.17, 15) is 8.42 Å². The molecule has 2 heterocycles. The van der Waals surface area contributed by atoms with Gasteiger partial charge in [-0.05, 0) is 18.9 Å². The quantitative estimate of drug-likeness (QED) is 0.905. The van der Waals surface area contributed by atoms with Gasteiger partial charge in [-0.15, -0.1) is 11.3 Å². The zero-order valence-corrected chi connectivity index (χ0v) is 12.7. The number of rotatable bonds is 5. The number of imidazole rings is 1. The maximum atomic E-state index is 12.7. The van der Waals surface area contributed by atoms with Crippen molar-refractivity contribution >= 4 is 27.0 Å². The van der Waals surface area contributed by atoms with Gasteiger partial charge in [-0.25, -0.2) is 13.4 Å². The fourth-order valence-electron chi connectivity index (χ4n) is 2.04. The minimum absolute atomic E-state index is 0.0834. The third-order valence-corrected chi connectivity index (χ3v) is 6.66. The van der Waals surface area contributed by atoms with E-state index in [1.807, 2.05) is 17.8 Å². The molecule has 6 nitrogen and oxygen atoms in total. The zero-order chi connectivity index (χ0) is 14.3. The Morgan fingerprint density at radius 1 is 1.55 bits per heavy atom. The molecule has 2 aromatic rings. The Morgan fingerprint density at radius 3 is 2.80 bits per heavy atom. The van der Waals surface area contributed by atoms with Crippen LogP contribution in [0.4, 0.5) is 5.69 Å². The Morgan fingerprint density at radius 2 is 2.30 bits per heavy atom. The summed E-state index contributed by atoms with van der Waals surface area (Å²) in [6.07, 6.45) is 5.31. The summed E-state index contributed by atoms with van der Waals surface area (Å²) in [6.45, 7) is 0.300. The molecule has 0 spiro atoms. The van der Waals surface area contributed by atoms with E-state index < -0.39 is 10.0 Å². The third-order valence-electron chi connectivity index (χ3n) is 3.33. The van der Waals surface area contributed by atoms with Crippen LogP contribution in [0.1, 0.15) is 18.7 Å². The lowest BCUT2D eigenvalue weighted by Crippen LogP contribution is -2.33. The highest BCUT2D eigenvalue weighted by atomic mass is 32.2. The molecule has 1 aliphatic carbocycles. The molecule has 2 aromatic heterocycles. The first-order chi connectivity index (χ1) is 9.48. The number of hydrogen-bond acceptors (Lipinski definition) is 5. The molecule has 0 aliphatic heterocycles. The van der Waals surface area contributed by atoms with Gasteiger partial charge in [-0.2, -0.15) is 4.31 Å². The van der Waals surface area contributed by atoms with Crippen LogP contribution >= 0.6 is 11.3 Å². The van der Waals surface area contributed by atoms with Crippen LogP contribution in [0, 0.1) is 0 Å². The number of nitrogen functional groups attached to an aromatic ring is 1. The maximum Gasteiger partial charge on any atom is 0.253 e. The molecule has 8 heteroatoms. The average molecular weight is 312 g/mol. The van der Waals surface area contributed by atoms with Crippen molar-refractivity contribution in [2.75, 3.05) is 5.73 Å². The molecule has 108 valence electrons. The molecule has 1 fully saturated rings. The van der Waals surface area contributed by atoms with Crippen LogP contribution in [0.2, 0.25) is 0 Å². The van der Waals surface area contributed by atoms with Crippen molar-refractivity contribution < 1.29 is 8.42 Å². The summed E-state index contributed by atoms with van der Waals surface area (Å²) in [7, 11) is -1.63. The number of nitrogens with zero attached hydrogens (tertiary/aromatic N) is 3. The number of anilines is 1. The number of thiophene rings is 1. The molecular formula is C12H16N4O2S2. The second-order valence-corrected chi connectivity index (χ2v) is 7.96. The number of hydrogen-bond donors (Lipinski definition) is 1. The fourth-order valence-corrected chi connectivity index (χ4v) is 4.89. The van der Waals surface area contributed by atoms with E-state index in [0.29, 0.717) is 16.4 Å². The van der Waals surface area contributed by atoms with Crippen LogP contribution in [0.15, 0.2) is 28.0 Å². The monoisotopic (exact) mass is 312 g/mol. The predicted octanol–water partition coefficient (Wildman–Crippen LogP) is 1.42.